The number of ether oxygens (including phenoxy) is 1. The predicted octanol–water partition coefficient (Wildman–Crippen LogP) is 1.78. The highest BCUT2D eigenvalue weighted by atomic mass is 16.5. The predicted molar refractivity (Wildman–Crippen MR) is 68.9 cm³/mol. The molecule has 0 bridgehead atoms. The SMILES string of the molecule is CC(=O)Oc1ccc2c(c1)C(=O)c1cccnc1C2=O. The molecular weight excluding hydrogens is 258 g/mol. The Morgan fingerprint density at radius 1 is 1.05 bits per heavy atom. The highest BCUT2D eigenvalue weighted by Crippen LogP contribution is 2.28. The highest BCUT2D eigenvalue weighted by Gasteiger charge is 2.30. The Morgan fingerprint density at radius 3 is 2.60 bits per heavy atom. The van der Waals surface area contributed by atoms with E-state index in [4.69, 9.17) is 4.74 Å². The van der Waals surface area contributed by atoms with Crippen LogP contribution in [0, 0.1) is 0 Å². The molecule has 20 heavy (non-hydrogen) atoms. The standard InChI is InChI=1S/C15H9NO4/c1-8(17)20-9-4-5-10-12(7-9)14(18)11-3-2-6-16-13(11)15(10)19/h2-7H,1H3. The third-order valence-electron chi connectivity index (χ3n) is 3.01. The van der Waals surface area contributed by atoms with Crippen molar-refractivity contribution in [3.63, 3.8) is 0 Å². The van der Waals surface area contributed by atoms with Crippen LogP contribution in [0.15, 0.2) is 36.5 Å². The molecule has 1 aromatic carbocycles. The maximum Gasteiger partial charge on any atom is 0.308 e. The molecule has 0 unspecified atom stereocenters. The quantitative estimate of drug-likeness (QED) is 0.496. The lowest BCUT2D eigenvalue weighted by atomic mass is 9.87. The molecule has 0 spiro atoms. The van der Waals surface area contributed by atoms with E-state index in [0.717, 1.165) is 0 Å². The Kier molecular flexibility index (Phi) is 2.68. The second kappa shape index (κ2) is 4.38. The number of esters is 1. The van der Waals surface area contributed by atoms with Gasteiger partial charge in [0.1, 0.15) is 11.4 Å². The number of hydrogen-bond acceptors (Lipinski definition) is 5. The molecule has 0 saturated carbocycles. The summed E-state index contributed by atoms with van der Waals surface area (Å²) in [6.45, 7) is 1.27. The summed E-state index contributed by atoms with van der Waals surface area (Å²) in [6, 6.07) is 7.53. The number of benzene rings is 1. The minimum atomic E-state index is -0.485. The van der Waals surface area contributed by atoms with Crippen LogP contribution in [0.1, 0.15) is 38.9 Å². The van der Waals surface area contributed by atoms with Gasteiger partial charge < -0.3 is 4.74 Å². The summed E-state index contributed by atoms with van der Waals surface area (Å²) in [7, 11) is 0. The summed E-state index contributed by atoms with van der Waals surface area (Å²) >= 11 is 0. The van der Waals surface area contributed by atoms with Gasteiger partial charge in [-0.1, -0.05) is 0 Å². The van der Waals surface area contributed by atoms with Crippen LogP contribution in [-0.2, 0) is 4.79 Å². The van der Waals surface area contributed by atoms with Crippen LogP contribution in [0.25, 0.3) is 0 Å². The monoisotopic (exact) mass is 267 g/mol. The van der Waals surface area contributed by atoms with Crippen molar-refractivity contribution in [3.8, 4) is 5.75 Å². The molecule has 5 heteroatoms. The molecular formula is C15H9NO4. The Balaban J connectivity index is 2.16. The van der Waals surface area contributed by atoms with Crippen LogP contribution < -0.4 is 4.74 Å². The minimum absolute atomic E-state index is 0.158. The van der Waals surface area contributed by atoms with Crippen LogP contribution in [0.2, 0.25) is 0 Å². The van der Waals surface area contributed by atoms with Crippen molar-refractivity contribution in [1.29, 1.82) is 0 Å². The van der Waals surface area contributed by atoms with Gasteiger partial charge in [0.25, 0.3) is 0 Å². The lowest BCUT2D eigenvalue weighted by Crippen LogP contribution is -2.22. The summed E-state index contributed by atoms with van der Waals surface area (Å²) < 4.78 is 4.93. The smallest absolute Gasteiger partial charge is 0.308 e. The van der Waals surface area contributed by atoms with Crippen molar-refractivity contribution in [3.05, 3.63) is 58.9 Å². The Hall–Kier alpha value is -2.82. The van der Waals surface area contributed by atoms with Gasteiger partial charge in [-0.25, -0.2) is 0 Å². The lowest BCUT2D eigenvalue weighted by Gasteiger charge is -2.16. The summed E-state index contributed by atoms with van der Waals surface area (Å²) in [5.41, 5.74) is 0.932. The van der Waals surface area contributed by atoms with Crippen LogP contribution in [0.5, 0.6) is 5.75 Å². The number of nitrogens with zero attached hydrogens (tertiary/aromatic N) is 1. The second-order valence-electron chi connectivity index (χ2n) is 4.36. The minimum Gasteiger partial charge on any atom is -0.427 e. The van der Waals surface area contributed by atoms with E-state index in [1.54, 1.807) is 12.1 Å². The molecule has 0 atom stereocenters. The maximum atomic E-state index is 12.4. The molecule has 0 amide bonds. The largest absolute Gasteiger partial charge is 0.427 e. The average Bonchev–Trinajstić information content (AvgIpc) is 2.44. The number of aromatic nitrogens is 1. The first-order valence-electron chi connectivity index (χ1n) is 5.95. The summed E-state index contributed by atoms with van der Waals surface area (Å²) in [5.74, 6) is -0.840. The molecule has 1 aliphatic rings. The Bertz CT molecular complexity index is 764. The van der Waals surface area contributed by atoms with Gasteiger partial charge in [0.2, 0.25) is 5.78 Å². The molecule has 1 aromatic heterocycles. The molecule has 0 aliphatic heterocycles. The first-order chi connectivity index (χ1) is 9.58. The van der Waals surface area contributed by atoms with Crippen LogP contribution >= 0.6 is 0 Å². The number of rotatable bonds is 1. The fourth-order valence-electron chi connectivity index (χ4n) is 2.18. The normalized spacial score (nSPS) is 12.7. The molecule has 2 aromatic rings. The molecule has 98 valence electrons. The lowest BCUT2D eigenvalue weighted by molar-refractivity contribution is -0.131. The van der Waals surface area contributed by atoms with Crippen molar-refractivity contribution >= 4 is 17.5 Å². The van der Waals surface area contributed by atoms with E-state index >= 15 is 0 Å². The molecule has 0 saturated heterocycles. The van der Waals surface area contributed by atoms with E-state index in [1.165, 1.54) is 31.3 Å². The van der Waals surface area contributed by atoms with Gasteiger partial charge in [-0.05, 0) is 30.3 Å². The number of fused-ring (bicyclic) bond motifs is 2. The third kappa shape index (κ3) is 1.80. The van der Waals surface area contributed by atoms with Gasteiger partial charge >= 0.3 is 5.97 Å². The molecule has 1 heterocycles. The van der Waals surface area contributed by atoms with Crippen molar-refractivity contribution in [2.45, 2.75) is 6.92 Å². The van der Waals surface area contributed by atoms with Gasteiger partial charge in [0.15, 0.2) is 5.78 Å². The molecule has 5 nitrogen and oxygen atoms in total. The molecule has 3 rings (SSSR count). The fourth-order valence-corrected chi connectivity index (χ4v) is 2.18. The van der Waals surface area contributed by atoms with Crippen molar-refractivity contribution in [2.24, 2.45) is 0 Å². The zero-order chi connectivity index (χ0) is 14.3. The Morgan fingerprint density at radius 2 is 1.85 bits per heavy atom. The Labute approximate surface area is 114 Å². The zero-order valence-corrected chi connectivity index (χ0v) is 10.5. The average molecular weight is 267 g/mol. The van der Waals surface area contributed by atoms with Crippen molar-refractivity contribution < 1.29 is 19.1 Å². The van der Waals surface area contributed by atoms with Crippen molar-refractivity contribution in [1.82, 2.24) is 4.98 Å². The van der Waals surface area contributed by atoms with Gasteiger partial charge in [0.05, 0.1) is 5.56 Å². The summed E-state index contributed by atoms with van der Waals surface area (Å²) in [4.78, 5) is 39.5. The van der Waals surface area contributed by atoms with Gasteiger partial charge in [-0.15, -0.1) is 0 Å². The first-order valence-corrected chi connectivity index (χ1v) is 5.95. The van der Waals surface area contributed by atoms with Gasteiger partial charge in [-0.2, -0.15) is 0 Å². The van der Waals surface area contributed by atoms with E-state index in [2.05, 4.69) is 4.98 Å². The first kappa shape index (κ1) is 12.2. The highest BCUT2D eigenvalue weighted by molar-refractivity contribution is 6.27. The van der Waals surface area contributed by atoms with E-state index in [0.29, 0.717) is 0 Å². The molecule has 0 fully saturated rings. The number of hydrogen-bond donors (Lipinski definition) is 0. The summed E-state index contributed by atoms with van der Waals surface area (Å²) in [6.07, 6.45) is 1.47. The fraction of sp³-hybridized carbons (Fsp3) is 0.0667. The van der Waals surface area contributed by atoms with Gasteiger partial charge in [0, 0.05) is 24.2 Å². The molecule has 0 N–H and O–H groups in total. The zero-order valence-electron chi connectivity index (χ0n) is 10.5. The van der Waals surface area contributed by atoms with E-state index in [-0.39, 0.29) is 39.7 Å². The van der Waals surface area contributed by atoms with E-state index in [9.17, 15) is 14.4 Å². The van der Waals surface area contributed by atoms with Crippen LogP contribution in [0.3, 0.4) is 0 Å². The van der Waals surface area contributed by atoms with Crippen molar-refractivity contribution in [2.75, 3.05) is 0 Å². The molecule has 1 aliphatic carbocycles. The summed E-state index contributed by atoms with van der Waals surface area (Å²) in [5, 5.41) is 0. The van der Waals surface area contributed by atoms with E-state index in [1.807, 2.05) is 0 Å². The third-order valence-corrected chi connectivity index (χ3v) is 3.01. The van der Waals surface area contributed by atoms with Crippen LogP contribution in [-0.4, -0.2) is 22.5 Å². The second-order valence-corrected chi connectivity index (χ2v) is 4.36. The maximum absolute atomic E-state index is 12.4. The van der Waals surface area contributed by atoms with E-state index < -0.39 is 5.97 Å². The number of pyridine rings is 1. The van der Waals surface area contributed by atoms with Gasteiger partial charge in [-0.3, -0.25) is 19.4 Å². The topological polar surface area (TPSA) is 73.3 Å². The number of carbonyl (C=O) groups excluding carboxylic acids is 3. The molecule has 0 radical (unpaired) electrons. The number of ketones is 2. The van der Waals surface area contributed by atoms with Crippen LogP contribution in [0.4, 0.5) is 0 Å². The number of carbonyl (C=O) groups is 3.